The van der Waals surface area contributed by atoms with Gasteiger partial charge < -0.3 is 10.4 Å². The SMILES string of the molecule is CNC(Cn1cc(S(C)(=O)=O)cn1)C(=O)O. The van der Waals surface area contributed by atoms with Crippen LogP contribution in [0.4, 0.5) is 0 Å². The fraction of sp³-hybridized carbons (Fsp3) is 0.500. The van der Waals surface area contributed by atoms with Gasteiger partial charge in [-0.25, -0.2) is 8.42 Å². The summed E-state index contributed by atoms with van der Waals surface area (Å²) < 4.78 is 23.6. The summed E-state index contributed by atoms with van der Waals surface area (Å²) in [7, 11) is -1.78. The van der Waals surface area contributed by atoms with E-state index in [2.05, 4.69) is 10.4 Å². The van der Waals surface area contributed by atoms with Gasteiger partial charge in [-0.3, -0.25) is 9.48 Å². The number of rotatable bonds is 5. The van der Waals surface area contributed by atoms with Gasteiger partial charge in [0.25, 0.3) is 0 Å². The molecule has 16 heavy (non-hydrogen) atoms. The van der Waals surface area contributed by atoms with Crippen LogP contribution in [0.1, 0.15) is 0 Å². The zero-order valence-corrected chi connectivity index (χ0v) is 9.73. The van der Waals surface area contributed by atoms with E-state index in [0.29, 0.717) is 0 Å². The first kappa shape index (κ1) is 12.7. The molecule has 1 heterocycles. The first-order valence-electron chi connectivity index (χ1n) is 4.47. The third-order valence-corrected chi connectivity index (χ3v) is 3.12. The van der Waals surface area contributed by atoms with Crippen molar-refractivity contribution in [3.05, 3.63) is 12.4 Å². The Labute approximate surface area is 93.0 Å². The van der Waals surface area contributed by atoms with Crippen LogP contribution in [-0.2, 0) is 21.2 Å². The second-order valence-electron chi connectivity index (χ2n) is 3.35. The number of sulfone groups is 1. The first-order chi connectivity index (χ1) is 7.34. The summed E-state index contributed by atoms with van der Waals surface area (Å²) in [5.74, 6) is -1.01. The summed E-state index contributed by atoms with van der Waals surface area (Å²) in [6.45, 7) is 0.0708. The van der Waals surface area contributed by atoms with Crippen molar-refractivity contribution in [1.29, 1.82) is 0 Å². The van der Waals surface area contributed by atoms with E-state index >= 15 is 0 Å². The van der Waals surface area contributed by atoms with E-state index in [1.807, 2.05) is 0 Å². The molecular weight excluding hydrogens is 234 g/mol. The molecular formula is C8H13N3O4S. The summed E-state index contributed by atoms with van der Waals surface area (Å²) in [5, 5.41) is 15.2. The molecule has 1 unspecified atom stereocenters. The minimum Gasteiger partial charge on any atom is -0.480 e. The highest BCUT2D eigenvalue weighted by Crippen LogP contribution is 2.06. The Morgan fingerprint density at radius 2 is 2.31 bits per heavy atom. The van der Waals surface area contributed by atoms with Crippen molar-refractivity contribution in [1.82, 2.24) is 15.1 Å². The van der Waals surface area contributed by atoms with Crippen LogP contribution in [0, 0.1) is 0 Å². The second-order valence-corrected chi connectivity index (χ2v) is 5.37. The quantitative estimate of drug-likeness (QED) is 0.689. The maximum absolute atomic E-state index is 11.2. The van der Waals surface area contributed by atoms with Gasteiger partial charge in [0, 0.05) is 12.5 Å². The van der Waals surface area contributed by atoms with E-state index < -0.39 is 21.8 Å². The Hall–Kier alpha value is -1.41. The molecule has 1 aromatic rings. The average molecular weight is 247 g/mol. The van der Waals surface area contributed by atoms with Gasteiger partial charge in [0.05, 0.1) is 12.7 Å². The highest BCUT2D eigenvalue weighted by molar-refractivity contribution is 7.90. The lowest BCUT2D eigenvalue weighted by molar-refractivity contribution is -0.139. The van der Waals surface area contributed by atoms with Gasteiger partial charge >= 0.3 is 5.97 Å². The van der Waals surface area contributed by atoms with Crippen LogP contribution >= 0.6 is 0 Å². The van der Waals surface area contributed by atoms with Crippen LogP contribution < -0.4 is 5.32 Å². The summed E-state index contributed by atoms with van der Waals surface area (Å²) in [6.07, 6.45) is 3.58. The van der Waals surface area contributed by atoms with E-state index in [-0.39, 0.29) is 11.4 Å². The molecule has 0 fully saturated rings. The van der Waals surface area contributed by atoms with Crippen molar-refractivity contribution in [3.8, 4) is 0 Å². The minimum atomic E-state index is -3.30. The summed E-state index contributed by atoms with van der Waals surface area (Å²) in [5.41, 5.74) is 0. The highest BCUT2D eigenvalue weighted by atomic mass is 32.2. The molecule has 0 aromatic carbocycles. The molecule has 0 saturated carbocycles. The molecule has 0 amide bonds. The molecule has 0 aliphatic carbocycles. The zero-order valence-electron chi connectivity index (χ0n) is 8.91. The largest absolute Gasteiger partial charge is 0.480 e. The van der Waals surface area contributed by atoms with E-state index in [9.17, 15) is 13.2 Å². The lowest BCUT2D eigenvalue weighted by atomic mass is 10.3. The number of hydrogen-bond donors (Lipinski definition) is 2. The number of nitrogens with one attached hydrogen (secondary N) is 1. The van der Waals surface area contributed by atoms with E-state index in [1.54, 1.807) is 0 Å². The molecule has 0 aliphatic heterocycles. The summed E-state index contributed by atoms with van der Waals surface area (Å²) in [6, 6.07) is -0.799. The molecule has 7 nitrogen and oxygen atoms in total. The van der Waals surface area contributed by atoms with E-state index in [1.165, 1.54) is 24.1 Å². The molecule has 0 bridgehead atoms. The summed E-state index contributed by atoms with van der Waals surface area (Å²) in [4.78, 5) is 10.8. The highest BCUT2D eigenvalue weighted by Gasteiger charge is 2.17. The zero-order chi connectivity index (χ0) is 12.3. The Morgan fingerprint density at radius 3 is 2.69 bits per heavy atom. The predicted octanol–water partition coefficient (Wildman–Crippen LogP) is -1.04. The molecule has 0 aliphatic rings. The van der Waals surface area contributed by atoms with Crippen molar-refractivity contribution in [2.24, 2.45) is 0 Å². The number of likely N-dealkylation sites (N-methyl/N-ethyl adjacent to an activating group) is 1. The normalized spacial score (nSPS) is 13.6. The molecule has 1 rings (SSSR count). The minimum absolute atomic E-state index is 0.0708. The number of carboxylic acid groups (broad SMARTS) is 1. The Balaban J connectivity index is 2.84. The van der Waals surface area contributed by atoms with Crippen LogP contribution in [0.15, 0.2) is 17.3 Å². The number of hydrogen-bond acceptors (Lipinski definition) is 5. The van der Waals surface area contributed by atoms with Gasteiger partial charge in [0.2, 0.25) is 0 Å². The third kappa shape index (κ3) is 3.04. The van der Waals surface area contributed by atoms with Gasteiger partial charge in [0.15, 0.2) is 9.84 Å². The predicted molar refractivity (Wildman–Crippen MR) is 55.8 cm³/mol. The van der Waals surface area contributed by atoms with Crippen molar-refractivity contribution in [3.63, 3.8) is 0 Å². The lowest BCUT2D eigenvalue weighted by Gasteiger charge is -2.10. The number of aliphatic carboxylic acids is 1. The molecule has 0 radical (unpaired) electrons. The van der Waals surface area contributed by atoms with Crippen molar-refractivity contribution in [2.45, 2.75) is 17.5 Å². The number of carbonyl (C=O) groups is 1. The molecule has 0 spiro atoms. The lowest BCUT2D eigenvalue weighted by Crippen LogP contribution is -2.37. The van der Waals surface area contributed by atoms with Crippen molar-refractivity contribution < 1.29 is 18.3 Å². The second kappa shape index (κ2) is 4.62. The molecule has 0 saturated heterocycles. The van der Waals surface area contributed by atoms with Crippen LogP contribution in [-0.4, -0.2) is 48.6 Å². The van der Waals surface area contributed by atoms with Gasteiger partial charge in [0.1, 0.15) is 10.9 Å². The topological polar surface area (TPSA) is 101 Å². The van der Waals surface area contributed by atoms with Crippen LogP contribution in [0.25, 0.3) is 0 Å². The van der Waals surface area contributed by atoms with Gasteiger partial charge in [-0.1, -0.05) is 0 Å². The van der Waals surface area contributed by atoms with Crippen molar-refractivity contribution >= 4 is 15.8 Å². The van der Waals surface area contributed by atoms with Gasteiger partial charge in [-0.2, -0.15) is 5.10 Å². The van der Waals surface area contributed by atoms with Crippen molar-refractivity contribution in [2.75, 3.05) is 13.3 Å². The number of nitrogens with zero attached hydrogens (tertiary/aromatic N) is 2. The maximum atomic E-state index is 11.2. The molecule has 8 heteroatoms. The van der Waals surface area contributed by atoms with Crippen LogP contribution in [0.3, 0.4) is 0 Å². The Kier molecular flexibility index (Phi) is 3.66. The van der Waals surface area contributed by atoms with Gasteiger partial charge in [-0.05, 0) is 7.05 Å². The summed E-state index contributed by atoms with van der Waals surface area (Å²) >= 11 is 0. The van der Waals surface area contributed by atoms with Crippen LogP contribution in [0.5, 0.6) is 0 Å². The monoisotopic (exact) mass is 247 g/mol. The molecule has 1 atom stereocenters. The third-order valence-electron chi connectivity index (χ3n) is 2.05. The maximum Gasteiger partial charge on any atom is 0.322 e. The standard InChI is InChI=1S/C8H13N3O4S/c1-9-7(8(12)13)5-11-4-6(3-10-11)16(2,14)15/h3-4,7,9H,5H2,1-2H3,(H,12,13). The first-order valence-corrected chi connectivity index (χ1v) is 6.36. The van der Waals surface area contributed by atoms with Crippen LogP contribution in [0.2, 0.25) is 0 Å². The average Bonchev–Trinajstić information content (AvgIpc) is 2.61. The number of aromatic nitrogens is 2. The fourth-order valence-electron chi connectivity index (χ4n) is 1.12. The fourth-order valence-corrected chi connectivity index (χ4v) is 1.67. The van der Waals surface area contributed by atoms with Gasteiger partial charge in [-0.15, -0.1) is 0 Å². The van der Waals surface area contributed by atoms with E-state index in [4.69, 9.17) is 5.11 Å². The van der Waals surface area contributed by atoms with E-state index in [0.717, 1.165) is 6.26 Å². The Bertz CT molecular complexity index is 479. The molecule has 2 N–H and O–H groups in total. The smallest absolute Gasteiger partial charge is 0.322 e. The Morgan fingerprint density at radius 1 is 1.69 bits per heavy atom. The molecule has 90 valence electrons. The number of carboxylic acids is 1. The molecule has 1 aromatic heterocycles.